The maximum Gasteiger partial charge on any atom is 0.294 e. The van der Waals surface area contributed by atoms with Gasteiger partial charge in [0, 0.05) is 47.9 Å². The van der Waals surface area contributed by atoms with E-state index in [4.69, 9.17) is 0 Å². The van der Waals surface area contributed by atoms with Crippen LogP contribution in [0.3, 0.4) is 0 Å². The normalized spacial score (nSPS) is 13.3. The van der Waals surface area contributed by atoms with Gasteiger partial charge in [-0.15, -0.1) is 0 Å². The molecule has 49 heavy (non-hydrogen) atoms. The summed E-state index contributed by atoms with van der Waals surface area (Å²) in [6, 6.07) is 18.8. The predicted octanol–water partition coefficient (Wildman–Crippen LogP) is 6.22. The van der Waals surface area contributed by atoms with Crippen molar-refractivity contribution in [2.24, 2.45) is 0 Å². The van der Waals surface area contributed by atoms with Gasteiger partial charge in [-0.25, -0.2) is 0 Å². The van der Waals surface area contributed by atoms with Gasteiger partial charge in [0.05, 0.1) is 9.79 Å². The molecule has 8 bridgehead atoms. The highest BCUT2D eigenvalue weighted by atomic mass is 32.2. The summed E-state index contributed by atoms with van der Waals surface area (Å²) >= 11 is 0. The number of rotatable bonds is 4. The van der Waals surface area contributed by atoms with Gasteiger partial charge in [0.1, 0.15) is 23.0 Å². The van der Waals surface area contributed by atoms with E-state index in [9.17, 15) is 46.4 Å². The maximum absolute atomic E-state index is 12.4. The van der Waals surface area contributed by atoms with Gasteiger partial charge in [-0.3, -0.25) is 9.11 Å². The molecular weight excluding hydrogens is 669 g/mol. The highest BCUT2D eigenvalue weighted by Gasteiger charge is 2.24. The molecule has 5 aromatic carbocycles. The molecule has 0 radical (unpaired) electrons. The van der Waals surface area contributed by atoms with E-state index < -0.39 is 30.0 Å². The Hall–Kier alpha value is -4.88. The third-order valence-electron chi connectivity index (χ3n) is 8.98. The average molecular weight is 703 g/mol. The van der Waals surface area contributed by atoms with Crippen molar-refractivity contribution in [3.8, 4) is 34.1 Å². The quantitative estimate of drug-likeness (QED) is 0.115. The molecule has 1 aliphatic carbocycles. The van der Waals surface area contributed by atoms with Crippen LogP contribution < -0.4 is 0 Å². The van der Waals surface area contributed by atoms with Gasteiger partial charge in [0.15, 0.2) is 0 Å². The van der Waals surface area contributed by atoms with Gasteiger partial charge >= 0.3 is 0 Å². The summed E-state index contributed by atoms with van der Waals surface area (Å²) in [4.78, 5) is -0.958. The summed E-state index contributed by atoms with van der Waals surface area (Å²) in [6.45, 7) is 3.76. The lowest BCUT2D eigenvalue weighted by Gasteiger charge is -2.19. The van der Waals surface area contributed by atoms with Crippen LogP contribution in [0.2, 0.25) is 0 Å². The third-order valence-corrected chi connectivity index (χ3v) is 10.6. The lowest BCUT2D eigenvalue weighted by atomic mass is 9.89. The Morgan fingerprint density at radius 1 is 0.490 bits per heavy atom. The highest BCUT2D eigenvalue weighted by Crippen LogP contribution is 2.41. The molecular formula is C37H34O10S2. The Morgan fingerprint density at radius 3 is 1.10 bits per heavy atom. The molecule has 0 spiro atoms. The van der Waals surface area contributed by atoms with E-state index >= 15 is 0 Å². The Kier molecular flexibility index (Phi) is 8.70. The molecule has 0 aliphatic heterocycles. The monoisotopic (exact) mass is 702 g/mol. The molecule has 10 nitrogen and oxygen atoms in total. The summed E-state index contributed by atoms with van der Waals surface area (Å²) in [6.07, 6.45) is 0.0628. The maximum atomic E-state index is 12.4. The zero-order valence-electron chi connectivity index (χ0n) is 26.6. The second kappa shape index (κ2) is 12.5. The van der Waals surface area contributed by atoms with Crippen molar-refractivity contribution in [2.45, 2.75) is 55.7 Å². The molecule has 0 saturated heterocycles. The van der Waals surface area contributed by atoms with Crippen molar-refractivity contribution >= 4 is 20.2 Å². The second-order valence-corrected chi connectivity index (χ2v) is 15.3. The van der Waals surface area contributed by atoms with Gasteiger partial charge in [0.2, 0.25) is 0 Å². The Bertz CT molecular complexity index is 2230. The van der Waals surface area contributed by atoms with Gasteiger partial charge < -0.3 is 20.4 Å². The van der Waals surface area contributed by atoms with E-state index in [1.807, 2.05) is 31.2 Å². The van der Waals surface area contributed by atoms with Gasteiger partial charge in [-0.1, -0.05) is 48.9 Å². The van der Waals surface area contributed by atoms with E-state index in [-0.39, 0.29) is 93.2 Å². The molecule has 12 heteroatoms. The minimum Gasteiger partial charge on any atom is -0.507 e. The first-order valence-corrected chi connectivity index (χ1v) is 18.3. The second-order valence-electron chi connectivity index (χ2n) is 12.5. The number of fused-ring (bicyclic) bond motifs is 8. The third kappa shape index (κ3) is 6.86. The summed E-state index contributed by atoms with van der Waals surface area (Å²) in [5.74, 6) is -1.07. The van der Waals surface area contributed by atoms with Gasteiger partial charge in [-0.2, -0.15) is 16.8 Å². The molecule has 6 N–H and O–H groups in total. The smallest absolute Gasteiger partial charge is 0.294 e. The molecule has 0 amide bonds. The van der Waals surface area contributed by atoms with Crippen molar-refractivity contribution < 1.29 is 46.4 Å². The van der Waals surface area contributed by atoms with Crippen LogP contribution in [0, 0.1) is 6.92 Å². The molecule has 0 atom stereocenters. The van der Waals surface area contributed by atoms with Crippen molar-refractivity contribution in [1.29, 1.82) is 0 Å². The molecule has 0 fully saturated rings. The van der Waals surface area contributed by atoms with Crippen LogP contribution >= 0.6 is 0 Å². The lowest BCUT2D eigenvalue weighted by molar-refractivity contribution is 0.449. The molecule has 5 aromatic rings. The molecule has 254 valence electrons. The Labute approximate surface area is 284 Å². The summed E-state index contributed by atoms with van der Waals surface area (Å²) < 4.78 is 69.7. The van der Waals surface area contributed by atoms with E-state index in [0.717, 1.165) is 41.8 Å². The van der Waals surface area contributed by atoms with Gasteiger partial charge in [-0.05, 0) is 88.7 Å². The van der Waals surface area contributed by atoms with Crippen molar-refractivity contribution in [3.63, 3.8) is 0 Å². The summed E-state index contributed by atoms with van der Waals surface area (Å²) in [7, 11) is -9.49. The number of hydrogen-bond acceptors (Lipinski definition) is 8. The molecule has 6 rings (SSSR count). The number of aromatic hydroxyl groups is 4. The van der Waals surface area contributed by atoms with E-state index in [1.165, 1.54) is 0 Å². The number of phenolic OH excluding ortho intramolecular Hbond substituents is 4. The zero-order chi connectivity index (χ0) is 35.4. The number of phenols is 4. The lowest BCUT2D eigenvalue weighted by Crippen LogP contribution is -2.06. The zero-order valence-corrected chi connectivity index (χ0v) is 28.2. The van der Waals surface area contributed by atoms with Crippen molar-refractivity contribution in [1.82, 2.24) is 0 Å². The van der Waals surface area contributed by atoms with Crippen molar-refractivity contribution in [3.05, 3.63) is 128 Å². The fourth-order valence-corrected chi connectivity index (χ4v) is 7.61. The number of hydrogen-bond donors (Lipinski definition) is 6. The number of benzene rings is 5. The Morgan fingerprint density at radius 2 is 0.796 bits per heavy atom. The Balaban J connectivity index is 1.67. The van der Waals surface area contributed by atoms with Crippen molar-refractivity contribution in [2.75, 3.05) is 0 Å². The largest absolute Gasteiger partial charge is 0.507 e. The number of aryl methyl sites for hydroxylation is 2. The molecule has 1 aliphatic rings. The first kappa shape index (κ1) is 34.0. The molecule has 0 unspecified atom stereocenters. The fourth-order valence-electron chi connectivity index (χ4n) is 6.45. The van der Waals surface area contributed by atoms with E-state index in [1.54, 1.807) is 31.2 Å². The van der Waals surface area contributed by atoms with Crippen LogP contribution in [-0.4, -0.2) is 46.4 Å². The SMILES string of the molecule is CCc1ccc(-c2cc3c(O)c(c2)Cc2cc(S(=O)(=O)O)cc(c2O)Cc2cc(C)cc(c2O)Cc2cc(S(=O)(=O)O)cc(c2O)C3)cc1. The minimum absolute atomic E-state index is 0.0721. The van der Waals surface area contributed by atoms with E-state index in [2.05, 4.69) is 0 Å². The topological polar surface area (TPSA) is 190 Å². The van der Waals surface area contributed by atoms with Crippen LogP contribution in [0.15, 0.2) is 82.6 Å². The fraction of sp³-hybridized carbons (Fsp3) is 0.189. The molecule has 0 aromatic heterocycles. The standard InChI is InChI=1S/C37H34O10S2/c1-3-21-4-6-22(7-5-21)23-10-26-14-30-18-32(48(42,43)44)16-28(36(30)40)12-24-8-20(2)9-25(34(24)38)13-29-17-33(49(45,46)47)19-31(37(29)41)15-27(11-23)35(26)39/h4-11,16-19,38-41H,3,12-15H2,1-2H3,(H,42,43,44)(H,45,46,47). The van der Waals surface area contributed by atoms with Gasteiger partial charge in [0.25, 0.3) is 20.2 Å². The first-order valence-electron chi connectivity index (χ1n) is 15.4. The first-order chi connectivity index (χ1) is 23.0. The van der Waals surface area contributed by atoms with Crippen LogP contribution in [-0.2, 0) is 52.3 Å². The van der Waals surface area contributed by atoms with Crippen LogP contribution in [0.4, 0.5) is 0 Å². The van der Waals surface area contributed by atoms with Crippen LogP contribution in [0.25, 0.3) is 11.1 Å². The van der Waals surface area contributed by atoms with Crippen LogP contribution in [0.5, 0.6) is 23.0 Å². The van der Waals surface area contributed by atoms with Crippen LogP contribution in [0.1, 0.15) is 62.6 Å². The molecule has 0 saturated carbocycles. The minimum atomic E-state index is -4.74. The van der Waals surface area contributed by atoms with E-state index in [0.29, 0.717) is 11.1 Å². The highest BCUT2D eigenvalue weighted by molar-refractivity contribution is 7.86. The summed E-state index contributed by atoms with van der Waals surface area (Å²) in [5, 5.41) is 46.0. The summed E-state index contributed by atoms with van der Waals surface area (Å²) in [5.41, 5.74) is 4.55. The average Bonchev–Trinajstić information content (AvgIpc) is 3.03. The molecule has 0 heterocycles. The predicted molar refractivity (Wildman–Crippen MR) is 183 cm³/mol.